The Morgan fingerprint density at radius 2 is 2.15 bits per heavy atom. The summed E-state index contributed by atoms with van der Waals surface area (Å²) in [4.78, 5) is 19.9. The summed E-state index contributed by atoms with van der Waals surface area (Å²) in [5.74, 6) is -0.0146. The van der Waals surface area contributed by atoms with Crippen molar-refractivity contribution in [3.63, 3.8) is 0 Å². The van der Waals surface area contributed by atoms with Crippen molar-refractivity contribution in [2.24, 2.45) is 12.2 Å². The number of fused-ring (bicyclic) bond motifs is 1. The van der Waals surface area contributed by atoms with Gasteiger partial charge in [-0.3, -0.25) is 9.67 Å². The molecule has 0 bridgehead atoms. The number of hydrogen-bond donors (Lipinski definition) is 2. The van der Waals surface area contributed by atoms with E-state index in [-0.39, 0.29) is 17.3 Å². The van der Waals surface area contributed by atoms with Crippen molar-refractivity contribution in [2.75, 3.05) is 5.32 Å². The predicted octanol–water partition coefficient (Wildman–Crippen LogP) is 3.75. The first-order valence-electron chi connectivity index (χ1n) is 8.28. The predicted molar refractivity (Wildman–Crippen MR) is 103 cm³/mol. The Morgan fingerprint density at radius 1 is 1.26 bits per heavy atom. The molecule has 0 aliphatic heterocycles. The van der Waals surface area contributed by atoms with Crippen LogP contribution in [-0.2, 0) is 13.6 Å². The van der Waals surface area contributed by atoms with Gasteiger partial charge in [0.2, 0.25) is 0 Å². The summed E-state index contributed by atoms with van der Waals surface area (Å²) in [5, 5.41) is 21.3. The quantitative estimate of drug-likeness (QED) is 0.525. The highest BCUT2D eigenvalue weighted by atomic mass is 16.3. The van der Waals surface area contributed by atoms with Crippen LogP contribution in [0.5, 0.6) is 5.75 Å². The SMILES string of the molecule is Cn1cc(-c2cc(O)c(N=O)c(NCc3ccc4ncccc4c3)n2)cn1. The van der Waals surface area contributed by atoms with Crippen LogP contribution in [0.4, 0.5) is 11.5 Å². The van der Waals surface area contributed by atoms with Crippen LogP contribution < -0.4 is 5.32 Å². The van der Waals surface area contributed by atoms with E-state index in [0.29, 0.717) is 12.2 Å². The third-order valence-corrected chi connectivity index (χ3v) is 4.19. The smallest absolute Gasteiger partial charge is 0.191 e. The van der Waals surface area contributed by atoms with Crippen LogP contribution in [0, 0.1) is 4.91 Å². The van der Waals surface area contributed by atoms with E-state index >= 15 is 0 Å². The molecule has 4 aromatic rings. The summed E-state index contributed by atoms with van der Waals surface area (Å²) in [7, 11) is 1.79. The van der Waals surface area contributed by atoms with Crippen molar-refractivity contribution in [3.05, 3.63) is 65.5 Å². The average molecular weight is 360 g/mol. The maximum Gasteiger partial charge on any atom is 0.191 e. The molecule has 3 heterocycles. The number of nitroso groups, excluding NO2 is 1. The van der Waals surface area contributed by atoms with Gasteiger partial charge in [0.1, 0.15) is 0 Å². The molecular formula is C19H16N6O2. The van der Waals surface area contributed by atoms with Crippen LogP contribution in [0.15, 0.2) is 60.2 Å². The van der Waals surface area contributed by atoms with Gasteiger partial charge in [-0.25, -0.2) is 4.98 Å². The van der Waals surface area contributed by atoms with Crippen molar-refractivity contribution in [3.8, 4) is 17.0 Å². The third kappa shape index (κ3) is 3.32. The first-order chi connectivity index (χ1) is 13.1. The molecule has 1 aromatic carbocycles. The molecule has 4 rings (SSSR count). The minimum atomic E-state index is -0.232. The number of aromatic hydroxyl groups is 1. The molecule has 8 nitrogen and oxygen atoms in total. The second kappa shape index (κ2) is 6.83. The Morgan fingerprint density at radius 3 is 2.93 bits per heavy atom. The number of aromatic nitrogens is 4. The third-order valence-electron chi connectivity index (χ3n) is 4.19. The molecule has 0 radical (unpaired) electrons. The van der Waals surface area contributed by atoms with E-state index in [2.05, 4.69) is 25.6 Å². The molecule has 0 aliphatic rings. The highest BCUT2D eigenvalue weighted by Gasteiger charge is 2.15. The standard InChI is InChI=1S/C19H16N6O2/c1-25-11-14(10-22-25)16-8-17(26)18(24-27)19(23-16)21-9-12-4-5-15-13(7-12)3-2-6-20-15/h2-8,10-11H,9H2,1H3,(H2,21,23,26). The lowest BCUT2D eigenvalue weighted by Gasteiger charge is -2.11. The molecule has 134 valence electrons. The maximum atomic E-state index is 11.2. The molecule has 0 unspecified atom stereocenters. The number of hydrogen-bond acceptors (Lipinski definition) is 7. The zero-order valence-corrected chi connectivity index (χ0v) is 14.5. The van der Waals surface area contributed by atoms with Gasteiger partial charge in [0.05, 0.1) is 17.4 Å². The van der Waals surface area contributed by atoms with Gasteiger partial charge >= 0.3 is 0 Å². The lowest BCUT2D eigenvalue weighted by Crippen LogP contribution is -2.02. The highest BCUT2D eigenvalue weighted by Crippen LogP contribution is 2.36. The fraction of sp³-hybridized carbons (Fsp3) is 0.105. The Bertz CT molecular complexity index is 1140. The van der Waals surface area contributed by atoms with E-state index in [9.17, 15) is 10.0 Å². The Balaban J connectivity index is 1.65. The van der Waals surface area contributed by atoms with Gasteiger partial charge in [0.15, 0.2) is 17.3 Å². The number of nitrogens with one attached hydrogen (secondary N) is 1. The average Bonchev–Trinajstić information content (AvgIpc) is 3.12. The van der Waals surface area contributed by atoms with E-state index in [0.717, 1.165) is 22.0 Å². The minimum Gasteiger partial charge on any atom is -0.505 e. The molecule has 8 heteroatoms. The lowest BCUT2D eigenvalue weighted by molar-refractivity contribution is 0.476. The van der Waals surface area contributed by atoms with Gasteiger partial charge < -0.3 is 10.4 Å². The van der Waals surface area contributed by atoms with Crippen LogP contribution >= 0.6 is 0 Å². The minimum absolute atomic E-state index is 0.120. The first-order valence-corrected chi connectivity index (χ1v) is 8.28. The van der Waals surface area contributed by atoms with Crippen LogP contribution in [0.1, 0.15) is 5.56 Å². The molecule has 3 aromatic heterocycles. The number of anilines is 1. The fourth-order valence-corrected chi connectivity index (χ4v) is 2.86. The molecule has 0 fully saturated rings. The number of aryl methyl sites for hydroxylation is 1. The summed E-state index contributed by atoms with van der Waals surface area (Å²) in [6.07, 6.45) is 5.16. The van der Waals surface area contributed by atoms with Gasteiger partial charge in [0.25, 0.3) is 0 Å². The molecule has 0 saturated carbocycles. The van der Waals surface area contributed by atoms with Gasteiger partial charge in [-0.05, 0) is 28.9 Å². The normalized spacial score (nSPS) is 10.9. The molecule has 0 aliphatic carbocycles. The zero-order chi connectivity index (χ0) is 18.8. The second-order valence-electron chi connectivity index (χ2n) is 6.10. The van der Waals surface area contributed by atoms with Crippen molar-refractivity contribution in [1.82, 2.24) is 19.7 Å². The van der Waals surface area contributed by atoms with Crippen LogP contribution in [-0.4, -0.2) is 24.9 Å². The number of nitrogens with zero attached hydrogens (tertiary/aromatic N) is 5. The molecular weight excluding hydrogens is 344 g/mol. The maximum absolute atomic E-state index is 11.2. The van der Waals surface area contributed by atoms with Crippen molar-refractivity contribution in [2.45, 2.75) is 6.54 Å². The summed E-state index contributed by atoms with van der Waals surface area (Å²) in [5.41, 5.74) is 3.00. The molecule has 0 saturated heterocycles. The van der Waals surface area contributed by atoms with Crippen LogP contribution in [0.2, 0.25) is 0 Å². The van der Waals surface area contributed by atoms with Gasteiger partial charge in [-0.15, -0.1) is 4.91 Å². The van der Waals surface area contributed by atoms with Crippen molar-refractivity contribution >= 4 is 22.4 Å². The van der Waals surface area contributed by atoms with E-state index in [4.69, 9.17) is 0 Å². The second-order valence-corrected chi connectivity index (χ2v) is 6.10. The van der Waals surface area contributed by atoms with Crippen molar-refractivity contribution in [1.29, 1.82) is 0 Å². The van der Waals surface area contributed by atoms with Crippen LogP contribution in [0.25, 0.3) is 22.2 Å². The fourth-order valence-electron chi connectivity index (χ4n) is 2.86. The monoisotopic (exact) mass is 360 g/mol. The molecule has 2 N–H and O–H groups in total. The first kappa shape index (κ1) is 16.6. The number of rotatable bonds is 5. The Kier molecular flexibility index (Phi) is 4.21. The summed E-state index contributed by atoms with van der Waals surface area (Å²) in [6, 6.07) is 11.2. The van der Waals surface area contributed by atoms with Gasteiger partial charge in [0, 0.05) is 43.0 Å². The molecule has 0 spiro atoms. The molecule has 27 heavy (non-hydrogen) atoms. The van der Waals surface area contributed by atoms with E-state index in [1.54, 1.807) is 30.3 Å². The lowest BCUT2D eigenvalue weighted by atomic mass is 10.1. The van der Waals surface area contributed by atoms with E-state index < -0.39 is 0 Å². The van der Waals surface area contributed by atoms with E-state index in [1.807, 2.05) is 30.3 Å². The van der Waals surface area contributed by atoms with Gasteiger partial charge in [-0.1, -0.05) is 12.1 Å². The summed E-state index contributed by atoms with van der Waals surface area (Å²) < 4.78 is 1.64. The molecule has 0 atom stereocenters. The number of benzene rings is 1. The van der Waals surface area contributed by atoms with Gasteiger partial charge in [-0.2, -0.15) is 5.10 Å². The molecule has 0 amide bonds. The Hall–Kier alpha value is -3.81. The Labute approximate surface area is 154 Å². The topological polar surface area (TPSA) is 105 Å². The zero-order valence-electron chi connectivity index (χ0n) is 14.5. The largest absolute Gasteiger partial charge is 0.505 e. The van der Waals surface area contributed by atoms with E-state index in [1.165, 1.54) is 6.07 Å². The number of pyridine rings is 2. The summed E-state index contributed by atoms with van der Waals surface area (Å²) in [6.45, 7) is 0.413. The summed E-state index contributed by atoms with van der Waals surface area (Å²) >= 11 is 0. The van der Waals surface area contributed by atoms with Crippen LogP contribution in [0.3, 0.4) is 0 Å². The highest BCUT2D eigenvalue weighted by molar-refractivity contribution is 5.79. The van der Waals surface area contributed by atoms with Crippen molar-refractivity contribution < 1.29 is 5.11 Å².